The molecule has 1 aliphatic rings. The highest BCUT2D eigenvalue weighted by atomic mass is 28.3. The molecule has 0 N–H and O–H groups in total. The highest BCUT2D eigenvalue weighted by Gasteiger charge is 2.49. The number of carbonyl (C=O) groups excluding carboxylic acids is 1. The molecule has 1 aliphatic heterocycles. The predicted molar refractivity (Wildman–Crippen MR) is 146 cm³/mol. The summed E-state index contributed by atoms with van der Waals surface area (Å²) in [5.41, 5.74) is 1.15. The van der Waals surface area contributed by atoms with Gasteiger partial charge in [0.15, 0.2) is 0 Å². The predicted octanol–water partition coefficient (Wildman–Crippen LogP) is 4.65. The number of hydrogen-bond acceptors (Lipinski definition) is 3. The Labute approximate surface area is 209 Å². The molecular weight excluding hydrogens is 446 g/mol. The maximum atomic E-state index is 12.9. The topological polar surface area (TPSA) is 29.5 Å². The maximum Gasteiger partial charge on any atom is 0.307 e. The first kappa shape index (κ1) is 23.1. The van der Waals surface area contributed by atoms with Crippen LogP contribution >= 0.6 is 0 Å². The molecule has 0 spiro atoms. The van der Waals surface area contributed by atoms with E-state index >= 15 is 0 Å². The van der Waals surface area contributed by atoms with E-state index in [1.807, 2.05) is 0 Å². The third-order valence-corrected chi connectivity index (χ3v) is 11.8. The fraction of sp³-hybridized carbons (Fsp3) is 0.194. The van der Waals surface area contributed by atoms with E-state index in [1.165, 1.54) is 15.6 Å². The molecule has 0 aliphatic carbocycles. The first-order valence-electron chi connectivity index (χ1n) is 12.5. The molecule has 0 saturated carbocycles. The first-order valence-corrected chi connectivity index (χ1v) is 14.4. The van der Waals surface area contributed by atoms with Gasteiger partial charge in [0.1, 0.15) is 0 Å². The Morgan fingerprint density at radius 1 is 0.629 bits per heavy atom. The van der Waals surface area contributed by atoms with Crippen LogP contribution in [0.5, 0.6) is 0 Å². The molecule has 0 bridgehead atoms. The Bertz CT molecular complexity index is 1120. The average Bonchev–Trinajstić information content (AvgIpc) is 2.91. The Morgan fingerprint density at radius 3 is 1.57 bits per heavy atom. The van der Waals surface area contributed by atoms with Gasteiger partial charge in [-0.05, 0) is 47.0 Å². The van der Waals surface area contributed by atoms with Crippen LogP contribution in [0.15, 0.2) is 121 Å². The number of nitrogens with zero attached hydrogens (tertiary/aromatic N) is 1. The van der Waals surface area contributed by atoms with E-state index in [-0.39, 0.29) is 12.0 Å². The molecule has 176 valence electrons. The van der Waals surface area contributed by atoms with Gasteiger partial charge in [0.2, 0.25) is 0 Å². The summed E-state index contributed by atoms with van der Waals surface area (Å²) < 4.78 is 8.20. The van der Waals surface area contributed by atoms with Crippen LogP contribution in [0.25, 0.3) is 0 Å². The number of para-hydroxylation sites is 1. The SMILES string of the molecule is O=C1CC(N(c2ccccc2)[Si](c2ccccc2)(c2ccccc2)c2ccccc2)CCCCO1. The fourth-order valence-corrected chi connectivity index (χ4v) is 10.6. The molecule has 3 nitrogen and oxygen atoms in total. The van der Waals surface area contributed by atoms with Crippen molar-refractivity contribution in [3.8, 4) is 0 Å². The number of esters is 1. The number of anilines is 1. The standard InChI is InChI=1S/C31H31NO2Si/c33-31-25-27(17-13-14-24-34-31)32(26-15-5-1-6-16-26)35(28-18-7-2-8-19-28,29-20-9-3-10-21-29)30-22-11-4-12-23-30/h1-12,15-16,18-23,27H,13-14,17,24-25H2. The zero-order valence-corrected chi connectivity index (χ0v) is 20.9. The summed E-state index contributed by atoms with van der Waals surface area (Å²) in [6, 6.07) is 43.4. The van der Waals surface area contributed by atoms with Gasteiger partial charge < -0.3 is 9.30 Å². The van der Waals surface area contributed by atoms with Crippen molar-refractivity contribution >= 4 is 35.5 Å². The van der Waals surface area contributed by atoms with Gasteiger partial charge in [-0.3, -0.25) is 4.79 Å². The quantitative estimate of drug-likeness (QED) is 0.230. The Kier molecular flexibility index (Phi) is 7.10. The van der Waals surface area contributed by atoms with Crippen LogP contribution in [0.2, 0.25) is 0 Å². The third kappa shape index (κ3) is 4.67. The minimum absolute atomic E-state index is 0.0254. The molecule has 35 heavy (non-hydrogen) atoms. The molecule has 0 amide bonds. The van der Waals surface area contributed by atoms with Gasteiger partial charge in [-0.25, -0.2) is 0 Å². The second-order valence-corrected chi connectivity index (χ2v) is 12.7. The van der Waals surface area contributed by atoms with Gasteiger partial charge in [0, 0.05) is 11.7 Å². The minimum atomic E-state index is -2.82. The molecule has 4 heteroatoms. The molecule has 5 rings (SSSR count). The zero-order valence-electron chi connectivity index (χ0n) is 19.9. The Morgan fingerprint density at radius 2 is 1.09 bits per heavy atom. The smallest absolute Gasteiger partial charge is 0.307 e. The Hall–Kier alpha value is -3.63. The minimum Gasteiger partial charge on any atom is -0.466 e. The molecule has 1 fully saturated rings. The van der Waals surface area contributed by atoms with E-state index in [0.717, 1.165) is 24.9 Å². The summed E-state index contributed by atoms with van der Waals surface area (Å²) in [7, 11) is -2.82. The highest BCUT2D eigenvalue weighted by Crippen LogP contribution is 2.30. The van der Waals surface area contributed by atoms with Crippen molar-refractivity contribution in [3.63, 3.8) is 0 Å². The molecule has 4 aromatic carbocycles. The van der Waals surface area contributed by atoms with E-state index in [2.05, 4.69) is 126 Å². The fourth-order valence-electron chi connectivity index (χ4n) is 5.46. The maximum absolute atomic E-state index is 12.9. The van der Waals surface area contributed by atoms with E-state index in [4.69, 9.17) is 4.74 Å². The summed E-state index contributed by atoms with van der Waals surface area (Å²) in [6.45, 7) is 0.523. The van der Waals surface area contributed by atoms with E-state index < -0.39 is 8.24 Å². The lowest BCUT2D eigenvalue weighted by molar-refractivity contribution is -0.144. The number of carbonyl (C=O) groups is 1. The van der Waals surface area contributed by atoms with Gasteiger partial charge in [-0.1, -0.05) is 109 Å². The number of cyclic esters (lactones) is 1. The summed E-state index contributed by atoms with van der Waals surface area (Å²) in [5.74, 6) is -0.104. The zero-order chi connectivity index (χ0) is 23.9. The van der Waals surface area contributed by atoms with Gasteiger partial charge in [0.05, 0.1) is 13.0 Å². The molecule has 0 radical (unpaired) electrons. The van der Waals surface area contributed by atoms with E-state index in [0.29, 0.717) is 13.0 Å². The lowest BCUT2D eigenvalue weighted by Gasteiger charge is -2.49. The first-order chi connectivity index (χ1) is 17.3. The van der Waals surface area contributed by atoms with Crippen LogP contribution in [0.4, 0.5) is 5.69 Å². The van der Waals surface area contributed by atoms with Crippen molar-refractivity contribution in [3.05, 3.63) is 121 Å². The van der Waals surface area contributed by atoms with Crippen LogP contribution in [0.3, 0.4) is 0 Å². The van der Waals surface area contributed by atoms with E-state index in [1.54, 1.807) is 0 Å². The number of hydrogen-bond donors (Lipinski definition) is 0. The second-order valence-electron chi connectivity index (χ2n) is 9.09. The van der Waals surface area contributed by atoms with Crippen molar-refractivity contribution in [2.24, 2.45) is 0 Å². The van der Waals surface area contributed by atoms with Gasteiger partial charge in [-0.15, -0.1) is 0 Å². The average molecular weight is 478 g/mol. The molecule has 1 heterocycles. The van der Waals surface area contributed by atoms with Crippen molar-refractivity contribution in [1.29, 1.82) is 0 Å². The summed E-state index contributed by atoms with van der Waals surface area (Å²) in [6.07, 6.45) is 3.27. The van der Waals surface area contributed by atoms with Crippen molar-refractivity contribution < 1.29 is 9.53 Å². The van der Waals surface area contributed by atoms with Gasteiger partial charge in [0.25, 0.3) is 8.24 Å². The molecule has 0 aromatic heterocycles. The molecule has 1 unspecified atom stereocenters. The molecule has 4 aromatic rings. The highest BCUT2D eigenvalue weighted by molar-refractivity contribution is 7.13. The largest absolute Gasteiger partial charge is 0.466 e. The molecule has 1 saturated heterocycles. The third-order valence-electron chi connectivity index (χ3n) is 6.93. The second kappa shape index (κ2) is 10.7. The summed E-state index contributed by atoms with van der Waals surface area (Å²) in [5, 5.41) is 3.91. The lowest BCUT2D eigenvalue weighted by atomic mass is 10.0. The normalized spacial score (nSPS) is 16.6. The van der Waals surface area contributed by atoms with Crippen LogP contribution in [0, 0.1) is 0 Å². The van der Waals surface area contributed by atoms with Crippen molar-refractivity contribution in [2.75, 3.05) is 11.2 Å². The number of benzene rings is 4. The lowest BCUT2D eigenvalue weighted by Crippen LogP contribution is -2.79. The Balaban J connectivity index is 1.85. The monoisotopic (exact) mass is 477 g/mol. The van der Waals surface area contributed by atoms with Crippen LogP contribution in [0.1, 0.15) is 25.7 Å². The van der Waals surface area contributed by atoms with Crippen LogP contribution < -0.4 is 20.1 Å². The number of ether oxygens (including phenoxy) is 1. The molecule has 1 atom stereocenters. The molecular formula is C31H31NO2Si. The van der Waals surface area contributed by atoms with E-state index in [9.17, 15) is 4.79 Å². The van der Waals surface area contributed by atoms with Crippen LogP contribution in [-0.4, -0.2) is 26.9 Å². The summed E-state index contributed by atoms with van der Waals surface area (Å²) in [4.78, 5) is 12.9. The van der Waals surface area contributed by atoms with Crippen molar-refractivity contribution in [2.45, 2.75) is 31.7 Å². The van der Waals surface area contributed by atoms with Crippen molar-refractivity contribution in [1.82, 2.24) is 0 Å². The number of rotatable bonds is 6. The van der Waals surface area contributed by atoms with Gasteiger partial charge in [-0.2, -0.15) is 0 Å². The van der Waals surface area contributed by atoms with Crippen LogP contribution in [-0.2, 0) is 9.53 Å². The van der Waals surface area contributed by atoms with Gasteiger partial charge >= 0.3 is 5.97 Å². The summed E-state index contributed by atoms with van der Waals surface area (Å²) >= 11 is 0.